The highest BCUT2D eigenvalue weighted by Crippen LogP contribution is 2.36. The van der Waals surface area contributed by atoms with Crippen LogP contribution in [0.2, 0.25) is 0 Å². The van der Waals surface area contributed by atoms with Gasteiger partial charge in [0.2, 0.25) is 0 Å². The molecule has 0 spiro atoms. The summed E-state index contributed by atoms with van der Waals surface area (Å²) in [5, 5.41) is 21.9. The van der Waals surface area contributed by atoms with Crippen molar-refractivity contribution < 1.29 is 24.2 Å². The highest BCUT2D eigenvalue weighted by atomic mass is 16.6. The van der Waals surface area contributed by atoms with E-state index in [2.05, 4.69) is 0 Å². The SMILES string of the molecule is CCOC(=O)[C@](C)(C(C)=O)c1ccc([N+](=O)[O-])cc1[N+](=O)[O-]. The molecular formula is C13H14N2O7. The first-order chi connectivity index (χ1) is 10.2. The molecule has 1 atom stereocenters. The van der Waals surface area contributed by atoms with E-state index in [9.17, 15) is 29.8 Å². The summed E-state index contributed by atoms with van der Waals surface area (Å²) in [6.07, 6.45) is 0. The highest BCUT2D eigenvalue weighted by Gasteiger charge is 2.46. The van der Waals surface area contributed by atoms with Crippen LogP contribution in [0.5, 0.6) is 0 Å². The fraction of sp³-hybridized carbons (Fsp3) is 0.385. The third-order valence-electron chi connectivity index (χ3n) is 3.32. The molecule has 1 aromatic rings. The maximum absolute atomic E-state index is 12.1. The number of hydrogen-bond donors (Lipinski definition) is 0. The number of benzene rings is 1. The lowest BCUT2D eigenvalue weighted by Crippen LogP contribution is -2.41. The van der Waals surface area contributed by atoms with Crippen LogP contribution in [0.4, 0.5) is 11.4 Å². The fourth-order valence-electron chi connectivity index (χ4n) is 1.93. The minimum atomic E-state index is -1.91. The predicted octanol–water partition coefficient (Wildman–Crippen LogP) is 1.91. The lowest BCUT2D eigenvalue weighted by Gasteiger charge is -2.24. The molecule has 0 radical (unpaired) electrons. The number of non-ortho nitro benzene ring substituents is 1. The number of Topliss-reactive ketones (excluding diaryl/α,β-unsaturated/α-hetero) is 1. The summed E-state index contributed by atoms with van der Waals surface area (Å²) in [5.41, 5.74) is -3.34. The monoisotopic (exact) mass is 310 g/mol. The van der Waals surface area contributed by atoms with Crippen molar-refractivity contribution in [3.8, 4) is 0 Å². The molecule has 1 rings (SSSR count). The van der Waals surface area contributed by atoms with Crippen LogP contribution in [-0.4, -0.2) is 28.2 Å². The number of carbonyl (C=O) groups is 2. The number of carbonyl (C=O) groups excluding carboxylic acids is 2. The van der Waals surface area contributed by atoms with Crippen molar-refractivity contribution in [3.63, 3.8) is 0 Å². The fourth-order valence-corrected chi connectivity index (χ4v) is 1.93. The maximum Gasteiger partial charge on any atom is 0.324 e. The van der Waals surface area contributed by atoms with Crippen LogP contribution < -0.4 is 0 Å². The van der Waals surface area contributed by atoms with E-state index in [4.69, 9.17) is 4.74 Å². The molecule has 0 amide bonds. The van der Waals surface area contributed by atoms with E-state index in [0.29, 0.717) is 0 Å². The number of nitro benzene ring substituents is 2. The van der Waals surface area contributed by atoms with Gasteiger partial charge in [-0.1, -0.05) is 0 Å². The van der Waals surface area contributed by atoms with Crippen molar-refractivity contribution in [2.75, 3.05) is 6.61 Å². The van der Waals surface area contributed by atoms with Gasteiger partial charge in [-0.05, 0) is 26.8 Å². The Balaban J connectivity index is 3.62. The average Bonchev–Trinajstić information content (AvgIpc) is 2.45. The van der Waals surface area contributed by atoms with E-state index in [0.717, 1.165) is 25.1 Å². The second-order valence-corrected chi connectivity index (χ2v) is 4.62. The smallest absolute Gasteiger partial charge is 0.324 e. The second-order valence-electron chi connectivity index (χ2n) is 4.62. The van der Waals surface area contributed by atoms with E-state index in [-0.39, 0.29) is 12.2 Å². The first-order valence-corrected chi connectivity index (χ1v) is 6.27. The first-order valence-electron chi connectivity index (χ1n) is 6.27. The predicted molar refractivity (Wildman–Crippen MR) is 74.4 cm³/mol. The van der Waals surface area contributed by atoms with E-state index in [1.807, 2.05) is 0 Å². The van der Waals surface area contributed by atoms with Crippen LogP contribution in [0, 0.1) is 20.2 Å². The van der Waals surface area contributed by atoms with Gasteiger partial charge >= 0.3 is 5.97 Å². The summed E-state index contributed by atoms with van der Waals surface area (Å²) >= 11 is 0. The number of ketones is 1. The zero-order valence-electron chi connectivity index (χ0n) is 12.2. The van der Waals surface area contributed by atoms with Gasteiger partial charge in [-0.3, -0.25) is 29.8 Å². The van der Waals surface area contributed by atoms with Crippen LogP contribution in [0.25, 0.3) is 0 Å². The average molecular weight is 310 g/mol. The number of esters is 1. The molecule has 0 bridgehead atoms. The second kappa shape index (κ2) is 6.29. The van der Waals surface area contributed by atoms with Gasteiger partial charge in [-0.15, -0.1) is 0 Å². The molecule has 0 fully saturated rings. The molecule has 9 heteroatoms. The Morgan fingerprint density at radius 2 is 1.82 bits per heavy atom. The quantitative estimate of drug-likeness (QED) is 0.339. The molecule has 0 aliphatic carbocycles. The minimum Gasteiger partial charge on any atom is -0.465 e. The number of ether oxygens (including phenoxy) is 1. The Bertz CT molecular complexity index is 656. The van der Waals surface area contributed by atoms with Gasteiger partial charge in [-0.2, -0.15) is 0 Å². The Morgan fingerprint density at radius 3 is 2.23 bits per heavy atom. The third kappa shape index (κ3) is 2.92. The lowest BCUT2D eigenvalue weighted by molar-refractivity contribution is -0.394. The highest BCUT2D eigenvalue weighted by molar-refractivity contribution is 6.09. The Kier molecular flexibility index (Phi) is 4.92. The third-order valence-corrected chi connectivity index (χ3v) is 3.32. The molecule has 0 aromatic heterocycles. The summed E-state index contributed by atoms with van der Waals surface area (Å²) in [7, 11) is 0. The standard InChI is InChI=1S/C13H14N2O7/c1-4-22-12(17)13(3,8(2)16)10-6-5-9(14(18)19)7-11(10)15(20)21/h5-7H,4H2,1-3H3/t13-/m1/s1. The Labute approximate surface area is 125 Å². The molecule has 9 nitrogen and oxygen atoms in total. The van der Waals surface area contributed by atoms with E-state index in [1.165, 1.54) is 13.8 Å². The maximum atomic E-state index is 12.1. The Hall–Kier alpha value is -2.84. The number of rotatable bonds is 6. The Morgan fingerprint density at radius 1 is 1.23 bits per heavy atom. The molecule has 0 aliphatic rings. The molecule has 118 valence electrons. The van der Waals surface area contributed by atoms with Crippen molar-refractivity contribution in [2.45, 2.75) is 26.2 Å². The zero-order valence-corrected chi connectivity index (χ0v) is 12.2. The molecule has 0 saturated heterocycles. The number of nitrogens with zero attached hydrogens (tertiary/aromatic N) is 2. The van der Waals surface area contributed by atoms with Gasteiger partial charge in [-0.25, -0.2) is 0 Å². The molecule has 0 N–H and O–H groups in total. The van der Waals surface area contributed by atoms with E-state index < -0.39 is 38.4 Å². The van der Waals surface area contributed by atoms with Gasteiger partial charge in [0, 0.05) is 6.07 Å². The summed E-state index contributed by atoms with van der Waals surface area (Å²) in [5.74, 6) is -1.61. The number of nitro groups is 2. The summed E-state index contributed by atoms with van der Waals surface area (Å²) in [6.45, 7) is 3.81. The topological polar surface area (TPSA) is 130 Å². The van der Waals surface area contributed by atoms with Crippen LogP contribution in [-0.2, 0) is 19.7 Å². The number of hydrogen-bond acceptors (Lipinski definition) is 7. The largest absolute Gasteiger partial charge is 0.465 e. The van der Waals surface area contributed by atoms with E-state index >= 15 is 0 Å². The van der Waals surface area contributed by atoms with Gasteiger partial charge in [0.1, 0.15) is 0 Å². The normalized spacial score (nSPS) is 13.0. The molecule has 0 heterocycles. The van der Waals surface area contributed by atoms with Crippen molar-refractivity contribution >= 4 is 23.1 Å². The molecule has 0 aliphatic heterocycles. The van der Waals surface area contributed by atoms with E-state index in [1.54, 1.807) is 0 Å². The van der Waals surface area contributed by atoms with Crippen LogP contribution in [0.15, 0.2) is 18.2 Å². The van der Waals surface area contributed by atoms with Gasteiger partial charge in [0.25, 0.3) is 11.4 Å². The molecule has 22 heavy (non-hydrogen) atoms. The first kappa shape index (κ1) is 17.2. The van der Waals surface area contributed by atoms with Gasteiger partial charge < -0.3 is 4.74 Å². The summed E-state index contributed by atoms with van der Waals surface area (Å²) in [4.78, 5) is 44.2. The van der Waals surface area contributed by atoms with Crippen LogP contribution in [0.1, 0.15) is 26.3 Å². The molecule has 0 unspecified atom stereocenters. The van der Waals surface area contributed by atoms with Gasteiger partial charge in [0.05, 0.1) is 28.1 Å². The van der Waals surface area contributed by atoms with Crippen LogP contribution >= 0.6 is 0 Å². The van der Waals surface area contributed by atoms with Crippen molar-refractivity contribution in [2.24, 2.45) is 0 Å². The van der Waals surface area contributed by atoms with Crippen molar-refractivity contribution in [3.05, 3.63) is 44.0 Å². The molecule has 1 aromatic carbocycles. The van der Waals surface area contributed by atoms with Crippen molar-refractivity contribution in [1.29, 1.82) is 0 Å². The van der Waals surface area contributed by atoms with Crippen LogP contribution in [0.3, 0.4) is 0 Å². The molecule has 0 saturated carbocycles. The van der Waals surface area contributed by atoms with Gasteiger partial charge in [0.15, 0.2) is 11.2 Å². The molecular weight excluding hydrogens is 296 g/mol. The van der Waals surface area contributed by atoms with Crippen molar-refractivity contribution in [1.82, 2.24) is 0 Å². The summed E-state index contributed by atoms with van der Waals surface area (Å²) < 4.78 is 4.82. The lowest BCUT2D eigenvalue weighted by atomic mass is 9.78. The summed E-state index contributed by atoms with van der Waals surface area (Å²) in [6, 6.07) is 2.76. The zero-order chi connectivity index (χ0) is 17.1. The minimum absolute atomic E-state index is 0.0114.